The third-order valence-electron chi connectivity index (χ3n) is 3.64. The third-order valence-corrected chi connectivity index (χ3v) is 3.64. The van der Waals surface area contributed by atoms with Crippen LogP contribution in [0.1, 0.15) is 30.7 Å². The quantitative estimate of drug-likeness (QED) is 0.698. The van der Waals surface area contributed by atoms with Gasteiger partial charge in [0.05, 0.1) is 12.5 Å². The summed E-state index contributed by atoms with van der Waals surface area (Å²) in [6.45, 7) is 5.95. The Morgan fingerprint density at radius 3 is 2.60 bits per heavy atom. The molecule has 0 fully saturated rings. The number of ether oxygens (including phenoxy) is 1. The number of rotatable bonds is 7. The van der Waals surface area contributed by atoms with E-state index in [2.05, 4.69) is 15.3 Å². The molecule has 3 N–H and O–H groups in total. The zero-order valence-electron chi connectivity index (χ0n) is 14.6. The first-order valence-corrected chi connectivity index (χ1v) is 8.20. The summed E-state index contributed by atoms with van der Waals surface area (Å²) < 4.78 is 5.75. The first-order valence-electron chi connectivity index (χ1n) is 8.20. The molecule has 1 aromatic heterocycles. The Morgan fingerprint density at radius 1 is 1.20 bits per heavy atom. The molecular formula is C18H23N3O4. The number of hydrogen-bond acceptors (Lipinski definition) is 4. The van der Waals surface area contributed by atoms with E-state index in [1.807, 2.05) is 38.1 Å². The van der Waals surface area contributed by atoms with Crippen molar-refractivity contribution in [1.29, 1.82) is 0 Å². The Hall–Kier alpha value is -2.83. The Labute approximate surface area is 145 Å². The summed E-state index contributed by atoms with van der Waals surface area (Å²) >= 11 is 0. The van der Waals surface area contributed by atoms with Crippen LogP contribution in [0.15, 0.2) is 33.9 Å². The van der Waals surface area contributed by atoms with Crippen LogP contribution >= 0.6 is 0 Å². The van der Waals surface area contributed by atoms with Crippen LogP contribution in [0.25, 0.3) is 0 Å². The van der Waals surface area contributed by atoms with Crippen LogP contribution in [-0.2, 0) is 17.6 Å². The molecule has 2 aromatic rings. The van der Waals surface area contributed by atoms with Crippen molar-refractivity contribution in [2.45, 2.75) is 39.7 Å². The molecule has 0 saturated carbocycles. The van der Waals surface area contributed by atoms with Crippen molar-refractivity contribution < 1.29 is 9.53 Å². The molecule has 2 rings (SSSR count). The number of carbonyl (C=O) groups is 1. The summed E-state index contributed by atoms with van der Waals surface area (Å²) in [6.07, 6.45) is 0.614. The molecule has 0 bridgehead atoms. The molecule has 1 aromatic carbocycles. The number of nitrogens with one attached hydrogen (secondary N) is 3. The molecule has 0 saturated heterocycles. The van der Waals surface area contributed by atoms with Crippen molar-refractivity contribution in [2.24, 2.45) is 0 Å². The summed E-state index contributed by atoms with van der Waals surface area (Å²) in [4.78, 5) is 39.6. The predicted molar refractivity (Wildman–Crippen MR) is 95.0 cm³/mol. The number of amides is 1. The zero-order chi connectivity index (χ0) is 18.4. The monoisotopic (exact) mass is 345 g/mol. The second-order valence-corrected chi connectivity index (χ2v) is 6.06. The van der Waals surface area contributed by atoms with Gasteiger partial charge in [0.25, 0.3) is 5.56 Å². The van der Waals surface area contributed by atoms with Crippen molar-refractivity contribution in [3.63, 3.8) is 0 Å². The van der Waals surface area contributed by atoms with Crippen LogP contribution in [0.2, 0.25) is 0 Å². The van der Waals surface area contributed by atoms with Crippen LogP contribution in [0.4, 0.5) is 0 Å². The van der Waals surface area contributed by atoms with E-state index in [0.717, 1.165) is 11.3 Å². The van der Waals surface area contributed by atoms with Gasteiger partial charge in [-0.2, -0.15) is 0 Å². The van der Waals surface area contributed by atoms with Gasteiger partial charge in [0.1, 0.15) is 5.75 Å². The lowest BCUT2D eigenvalue weighted by Crippen LogP contribution is -2.33. The molecular weight excluding hydrogens is 322 g/mol. The normalized spacial score (nSPS) is 10.7. The molecule has 0 aliphatic heterocycles. The van der Waals surface area contributed by atoms with Gasteiger partial charge in [-0.3, -0.25) is 14.6 Å². The molecule has 7 heteroatoms. The number of carbonyl (C=O) groups excluding carboxylic acids is 1. The highest BCUT2D eigenvalue weighted by Gasteiger charge is 2.11. The van der Waals surface area contributed by atoms with E-state index in [1.165, 1.54) is 0 Å². The fourth-order valence-corrected chi connectivity index (χ4v) is 2.48. The fourth-order valence-electron chi connectivity index (χ4n) is 2.48. The minimum Gasteiger partial charge on any atom is -0.491 e. The van der Waals surface area contributed by atoms with E-state index in [-0.39, 0.29) is 24.0 Å². The summed E-state index contributed by atoms with van der Waals surface area (Å²) in [7, 11) is 0. The summed E-state index contributed by atoms with van der Waals surface area (Å²) in [6, 6.07) is 7.69. The van der Waals surface area contributed by atoms with Gasteiger partial charge >= 0.3 is 5.69 Å². The van der Waals surface area contributed by atoms with Gasteiger partial charge in [-0.1, -0.05) is 18.2 Å². The van der Waals surface area contributed by atoms with Crippen LogP contribution in [0.3, 0.4) is 0 Å². The van der Waals surface area contributed by atoms with E-state index in [0.29, 0.717) is 18.7 Å². The highest BCUT2D eigenvalue weighted by Crippen LogP contribution is 2.19. The second-order valence-electron chi connectivity index (χ2n) is 6.06. The van der Waals surface area contributed by atoms with Crippen LogP contribution in [-0.4, -0.2) is 28.5 Å². The maximum absolute atomic E-state index is 12.1. The number of aryl methyl sites for hydroxylation is 1. The Bertz CT molecular complexity index is 852. The molecule has 0 radical (unpaired) electrons. The Morgan fingerprint density at radius 2 is 1.92 bits per heavy atom. The molecule has 1 amide bonds. The Kier molecular flexibility index (Phi) is 6.16. The second kappa shape index (κ2) is 8.32. The molecule has 7 nitrogen and oxygen atoms in total. The van der Waals surface area contributed by atoms with E-state index in [9.17, 15) is 14.4 Å². The summed E-state index contributed by atoms with van der Waals surface area (Å²) in [5.74, 6) is 0.530. The molecule has 0 aliphatic carbocycles. The van der Waals surface area contributed by atoms with Gasteiger partial charge in [-0.25, -0.2) is 4.79 Å². The maximum atomic E-state index is 12.1. The van der Waals surface area contributed by atoms with E-state index < -0.39 is 11.2 Å². The smallest absolute Gasteiger partial charge is 0.325 e. The van der Waals surface area contributed by atoms with Gasteiger partial charge in [-0.15, -0.1) is 0 Å². The number of benzene rings is 1. The van der Waals surface area contributed by atoms with Gasteiger partial charge < -0.3 is 15.0 Å². The van der Waals surface area contributed by atoms with Crippen LogP contribution in [0.5, 0.6) is 5.75 Å². The minimum atomic E-state index is -0.576. The van der Waals surface area contributed by atoms with Crippen molar-refractivity contribution >= 4 is 5.91 Å². The topological polar surface area (TPSA) is 104 Å². The molecule has 25 heavy (non-hydrogen) atoms. The maximum Gasteiger partial charge on any atom is 0.325 e. The summed E-state index contributed by atoms with van der Waals surface area (Å²) in [5, 5.41) is 2.79. The highest BCUT2D eigenvalue weighted by atomic mass is 16.5. The first-order chi connectivity index (χ1) is 11.9. The SMILES string of the molecule is Cc1[nH]c(=O)[nH]c(=O)c1CC(=O)NCCc1ccccc1OC(C)C. The lowest BCUT2D eigenvalue weighted by molar-refractivity contribution is -0.120. The molecule has 134 valence electrons. The lowest BCUT2D eigenvalue weighted by Gasteiger charge is -2.14. The number of aromatic nitrogens is 2. The largest absolute Gasteiger partial charge is 0.491 e. The van der Waals surface area contributed by atoms with E-state index >= 15 is 0 Å². The van der Waals surface area contributed by atoms with Crippen molar-refractivity contribution in [3.8, 4) is 5.75 Å². The molecule has 0 spiro atoms. The van der Waals surface area contributed by atoms with Gasteiger partial charge in [0.2, 0.25) is 5.91 Å². The van der Waals surface area contributed by atoms with Crippen molar-refractivity contribution in [2.75, 3.05) is 6.54 Å². The number of H-pyrrole nitrogens is 2. The first kappa shape index (κ1) is 18.5. The average molecular weight is 345 g/mol. The van der Waals surface area contributed by atoms with E-state index in [4.69, 9.17) is 4.74 Å². The minimum absolute atomic E-state index is 0.0747. The highest BCUT2D eigenvalue weighted by molar-refractivity contribution is 5.78. The van der Waals surface area contributed by atoms with Crippen molar-refractivity contribution in [1.82, 2.24) is 15.3 Å². The van der Waals surface area contributed by atoms with Crippen molar-refractivity contribution in [3.05, 3.63) is 61.9 Å². The van der Waals surface area contributed by atoms with Gasteiger partial charge in [-0.05, 0) is 38.8 Å². The fraction of sp³-hybridized carbons (Fsp3) is 0.389. The van der Waals surface area contributed by atoms with E-state index in [1.54, 1.807) is 6.92 Å². The number of aromatic amines is 2. The van der Waals surface area contributed by atoms with Crippen LogP contribution in [0, 0.1) is 6.92 Å². The predicted octanol–water partition coefficient (Wildman–Crippen LogP) is 1.06. The molecule has 1 heterocycles. The molecule has 0 unspecified atom stereocenters. The standard InChI is InChI=1S/C18H23N3O4/c1-11(2)25-15-7-5-4-6-13(15)8-9-19-16(22)10-14-12(3)20-18(24)21-17(14)23/h4-7,11H,8-10H2,1-3H3,(H,19,22)(H2,20,21,23,24). The lowest BCUT2D eigenvalue weighted by atomic mass is 10.1. The number of para-hydroxylation sites is 1. The average Bonchev–Trinajstić information content (AvgIpc) is 2.52. The Balaban J connectivity index is 1.94. The van der Waals surface area contributed by atoms with Gasteiger partial charge in [0.15, 0.2) is 0 Å². The van der Waals surface area contributed by atoms with Gasteiger partial charge in [0, 0.05) is 17.8 Å². The molecule has 0 aliphatic rings. The molecule has 0 atom stereocenters. The number of hydrogen-bond donors (Lipinski definition) is 3. The zero-order valence-corrected chi connectivity index (χ0v) is 14.6. The van der Waals surface area contributed by atoms with Crippen LogP contribution < -0.4 is 21.3 Å². The summed E-state index contributed by atoms with van der Waals surface area (Å²) in [5.41, 5.74) is 0.565. The third kappa shape index (κ3) is 5.34.